The number of nitrogens with zero attached hydrogens (tertiary/aromatic N) is 2. The lowest BCUT2D eigenvalue weighted by molar-refractivity contribution is 0.422. The molecule has 0 aliphatic heterocycles. The molecule has 19 heavy (non-hydrogen) atoms. The largest absolute Gasteiger partial charge is 0.472 e. The third-order valence-electron chi connectivity index (χ3n) is 3.00. The molecule has 0 radical (unpaired) electrons. The first-order valence-electron chi connectivity index (χ1n) is 6.48. The molecule has 0 amide bonds. The van der Waals surface area contributed by atoms with E-state index in [0.717, 1.165) is 29.3 Å². The second kappa shape index (κ2) is 5.13. The first-order chi connectivity index (χ1) is 8.87. The summed E-state index contributed by atoms with van der Waals surface area (Å²) in [5.74, 6) is 0.725. The van der Waals surface area contributed by atoms with Crippen LogP contribution in [-0.2, 0) is 6.54 Å². The van der Waals surface area contributed by atoms with Crippen molar-refractivity contribution in [3.63, 3.8) is 0 Å². The number of aromatic nitrogens is 2. The predicted molar refractivity (Wildman–Crippen MR) is 75.8 cm³/mol. The average Bonchev–Trinajstić information content (AvgIpc) is 2.79. The highest BCUT2D eigenvalue weighted by molar-refractivity contribution is 5.53. The predicted octanol–water partition coefficient (Wildman–Crippen LogP) is 3.24. The van der Waals surface area contributed by atoms with Crippen LogP contribution in [0.2, 0.25) is 0 Å². The van der Waals surface area contributed by atoms with E-state index in [1.807, 2.05) is 19.9 Å². The van der Waals surface area contributed by atoms with Gasteiger partial charge in [0, 0.05) is 29.0 Å². The normalized spacial score (nSPS) is 11.8. The van der Waals surface area contributed by atoms with Gasteiger partial charge in [-0.15, -0.1) is 0 Å². The number of nitrogens with one attached hydrogen (secondary N) is 1. The summed E-state index contributed by atoms with van der Waals surface area (Å²) < 4.78 is 5.08. The Hall–Kier alpha value is -1.68. The third-order valence-corrected chi connectivity index (χ3v) is 3.00. The van der Waals surface area contributed by atoms with Gasteiger partial charge in [0.1, 0.15) is 6.26 Å². The number of hydrogen-bond donors (Lipinski definition) is 1. The van der Waals surface area contributed by atoms with Gasteiger partial charge >= 0.3 is 0 Å². The Morgan fingerprint density at radius 1 is 1.16 bits per heavy atom. The van der Waals surface area contributed by atoms with E-state index in [9.17, 15) is 0 Å². The van der Waals surface area contributed by atoms with Crippen LogP contribution in [0.3, 0.4) is 0 Å². The highest BCUT2D eigenvalue weighted by atomic mass is 16.3. The Kier molecular flexibility index (Phi) is 3.71. The lowest BCUT2D eigenvalue weighted by Gasteiger charge is -2.21. The fraction of sp³-hybridized carbons (Fsp3) is 0.467. The van der Waals surface area contributed by atoms with Crippen LogP contribution in [0.4, 0.5) is 0 Å². The van der Waals surface area contributed by atoms with Crippen molar-refractivity contribution in [2.45, 2.75) is 46.7 Å². The Morgan fingerprint density at radius 3 is 2.26 bits per heavy atom. The molecule has 0 atom stereocenters. The third kappa shape index (κ3) is 3.41. The fourth-order valence-electron chi connectivity index (χ4n) is 1.87. The topological polar surface area (TPSA) is 51.0 Å². The van der Waals surface area contributed by atoms with Gasteiger partial charge in [0.05, 0.1) is 11.8 Å². The van der Waals surface area contributed by atoms with E-state index in [1.165, 1.54) is 5.56 Å². The molecule has 2 aromatic rings. The Labute approximate surface area is 114 Å². The number of rotatable bonds is 3. The standard InChI is InChI=1S/C15H21N3O/c1-10-13(8-16-15(3,4)5)11(2)18-14(17-10)12-6-7-19-9-12/h6-7,9,16H,8H2,1-5H3. The van der Waals surface area contributed by atoms with Gasteiger partial charge in [-0.05, 0) is 40.7 Å². The van der Waals surface area contributed by atoms with Crippen LogP contribution >= 0.6 is 0 Å². The minimum Gasteiger partial charge on any atom is -0.472 e. The zero-order valence-electron chi connectivity index (χ0n) is 12.2. The summed E-state index contributed by atoms with van der Waals surface area (Å²) in [6, 6.07) is 1.88. The molecule has 4 nitrogen and oxygen atoms in total. The molecule has 0 aliphatic rings. The summed E-state index contributed by atoms with van der Waals surface area (Å²) in [7, 11) is 0. The summed E-state index contributed by atoms with van der Waals surface area (Å²) in [5.41, 5.74) is 4.20. The average molecular weight is 259 g/mol. The zero-order chi connectivity index (χ0) is 14.0. The minimum absolute atomic E-state index is 0.0854. The van der Waals surface area contributed by atoms with Gasteiger partial charge in [0.2, 0.25) is 0 Å². The summed E-state index contributed by atoms with van der Waals surface area (Å²) in [6.07, 6.45) is 3.31. The van der Waals surface area contributed by atoms with E-state index < -0.39 is 0 Å². The van der Waals surface area contributed by atoms with Crippen molar-refractivity contribution in [3.05, 3.63) is 35.5 Å². The lowest BCUT2D eigenvalue weighted by atomic mass is 10.1. The molecule has 0 aliphatic carbocycles. The van der Waals surface area contributed by atoms with Crippen molar-refractivity contribution in [2.24, 2.45) is 0 Å². The van der Waals surface area contributed by atoms with Crippen LogP contribution in [0.15, 0.2) is 23.0 Å². The molecule has 102 valence electrons. The molecule has 0 unspecified atom stereocenters. The molecule has 0 fully saturated rings. The van der Waals surface area contributed by atoms with Crippen LogP contribution in [-0.4, -0.2) is 15.5 Å². The van der Waals surface area contributed by atoms with E-state index in [2.05, 4.69) is 36.1 Å². The Morgan fingerprint density at radius 2 is 1.79 bits per heavy atom. The van der Waals surface area contributed by atoms with Gasteiger partial charge in [-0.25, -0.2) is 9.97 Å². The van der Waals surface area contributed by atoms with Crippen molar-refractivity contribution in [1.29, 1.82) is 0 Å². The van der Waals surface area contributed by atoms with E-state index in [0.29, 0.717) is 0 Å². The monoisotopic (exact) mass is 259 g/mol. The van der Waals surface area contributed by atoms with E-state index in [1.54, 1.807) is 12.5 Å². The second-order valence-corrected chi connectivity index (χ2v) is 5.81. The first kappa shape index (κ1) is 13.7. The lowest BCUT2D eigenvalue weighted by Crippen LogP contribution is -2.35. The van der Waals surface area contributed by atoms with Crippen LogP contribution in [0, 0.1) is 13.8 Å². The maximum absolute atomic E-state index is 5.08. The number of aryl methyl sites for hydroxylation is 2. The highest BCUT2D eigenvalue weighted by Crippen LogP contribution is 2.19. The molecule has 0 spiro atoms. The molecule has 1 N–H and O–H groups in total. The maximum Gasteiger partial charge on any atom is 0.162 e. The van der Waals surface area contributed by atoms with Crippen molar-refractivity contribution >= 4 is 0 Å². The van der Waals surface area contributed by atoms with Gasteiger partial charge in [-0.2, -0.15) is 0 Å². The smallest absolute Gasteiger partial charge is 0.162 e. The van der Waals surface area contributed by atoms with Crippen molar-refractivity contribution in [2.75, 3.05) is 0 Å². The zero-order valence-corrected chi connectivity index (χ0v) is 12.2. The van der Waals surface area contributed by atoms with Crippen molar-refractivity contribution < 1.29 is 4.42 Å². The van der Waals surface area contributed by atoms with Crippen LogP contribution in [0.5, 0.6) is 0 Å². The summed E-state index contributed by atoms with van der Waals surface area (Å²) in [5, 5.41) is 3.48. The summed E-state index contributed by atoms with van der Waals surface area (Å²) in [6.45, 7) is 11.3. The summed E-state index contributed by atoms with van der Waals surface area (Å²) >= 11 is 0. The highest BCUT2D eigenvalue weighted by Gasteiger charge is 2.14. The van der Waals surface area contributed by atoms with E-state index in [-0.39, 0.29) is 5.54 Å². The quantitative estimate of drug-likeness (QED) is 0.919. The minimum atomic E-state index is 0.0854. The summed E-state index contributed by atoms with van der Waals surface area (Å²) in [4.78, 5) is 9.13. The molecular weight excluding hydrogens is 238 g/mol. The van der Waals surface area contributed by atoms with Crippen LogP contribution < -0.4 is 5.32 Å². The molecule has 2 heterocycles. The SMILES string of the molecule is Cc1nc(-c2ccoc2)nc(C)c1CNC(C)(C)C. The van der Waals surface area contributed by atoms with Crippen molar-refractivity contribution in [3.8, 4) is 11.4 Å². The molecule has 0 saturated carbocycles. The Balaban J connectivity index is 2.28. The maximum atomic E-state index is 5.08. The molecule has 2 aromatic heterocycles. The van der Waals surface area contributed by atoms with Crippen molar-refractivity contribution in [1.82, 2.24) is 15.3 Å². The molecule has 0 aromatic carbocycles. The van der Waals surface area contributed by atoms with Crippen LogP contribution in [0.25, 0.3) is 11.4 Å². The molecule has 4 heteroatoms. The second-order valence-electron chi connectivity index (χ2n) is 5.81. The van der Waals surface area contributed by atoms with Gasteiger partial charge in [-0.3, -0.25) is 0 Å². The molecular formula is C15H21N3O. The van der Waals surface area contributed by atoms with E-state index >= 15 is 0 Å². The molecule has 0 saturated heterocycles. The number of furan rings is 1. The molecule has 2 rings (SSSR count). The fourth-order valence-corrected chi connectivity index (χ4v) is 1.87. The van der Waals surface area contributed by atoms with Crippen LogP contribution in [0.1, 0.15) is 37.7 Å². The first-order valence-corrected chi connectivity index (χ1v) is 6.48. The van der Waals surface area contributed by atoms with Gasteiger partial charge in [0.25, 0.3) is 0 Å². The Bertz CT molecular complexity index is 530. The van der Waals surface area contributed by atoms with Gasteiger partial charge in [-0.1, -0.05) is 0 Å². The van der Waals surface area contributed by atoms with Gasteiger partial charge < -0.3 is 9.73 Å². The van der Waals surface area contributed by atoms with Gasteiger partial charge in [0.15, 0.2) is 5.82 Å². The molecule has 0 bridgehead atoms. The number of hydrogen-bond acceptors (Lipinski definition) is 4. The van der Waals surface area contributed by atoms with E-state index in [4.69, 9.17) is 4.42 Å².